The van der Waals surface area contributed by atoms with Crippen molar-refractivity contribution in [3.63, 3.8) is 0 Å². The number of hydrogen-bond donors (Lipinski definition) is 0. The molecule has 6 heteroatoms. The Morgan fingerprint density at radius 1 is 1.03 bits per heavy atom. The fourth-order valence-corrected chi connectivity index (χ4v) is 4.32. The van der Waals surface area contributed by atoms with Crippen molar-refractivity contribution < 1.29 is 4.74 Å². The van der Waals surface area contributed by atoms with Gasteiger partial charge in [-0.3, -0.25) is 19.2 Å². The van der Waals surface area contributed by atoms with E-state index in [4.69, 9.17) is 9.72 Å². The van der Waals surface area contributed by atoms with Gasteiger partial charge >= 0.3 is 0 Å². The van der Waals surface area contributed by atoms with Crippen molar-refractivity contribution in [1.29, 1.82) is 0 Å². The van der Waals surface area contributed by atoms with Crippen LogP contribution in [0.25, 0.3) is 0 Å². The SMILES string of the molecule is CCc1c(C)nc2n(c1=O)CN(Cc1ccccc1OC)CN2c1cccc(C)c1C. The van der Waals surface area contributed by atoms with Gasteiger partial charge in [-0.05, 0) is 50.5 Å². The summed E-state index contributed by atoms with van der Waals surface area (Å²) in [5.41, 5.74) is 6.23. The van der Waals surface area contributed by atoms with Crippen molar-refractivity contribution in [3.8, 4) is 5.75 Å². The number of hydrogen-bond acceptors (Lipinski definition) is 5. The molecule has 1 aliphatic rings. The molecule has 0 radical (unpaired) electrons. The fourth-order valence-electron chi connectivity index (χ4n) is 4.32. The predicted molar refractivity (Wildman–Crippen MR) is 124 cm³/mol. The van der Waals surface area contributed by atoms with E-state index in [9.17, 15) is 4.79 Å². The predicted octanol–water partition coefficient (Wildman–Crippen LogP) is 4.31. The zero-order chi connectivity index (χ0) is 22.1. The van der Waals surface area contributed by atoms with Crippen LogP contribution in [0, 0.1) is 20.8 Å². The van der Waals surface area contributed by atoms with Crippen LogP contribution in [0.3, 0.4) is 0 Å². The average Bonchev–Trinajstić information content (AvgIpc) is 2.76. The van der Waals surface area contributed by atoms with Crippen LogP contribution in [-0.2, 0) is 19.6 Å². The van der Waals surface area contributed by atoms with Crippen LogP contribution in [0.15, 0.2) is 47.3 Å². The monoisotopic (exact) mass is 418 g/mol. The molecule has 1 aromatic heterocycles. The van der Waals surface area contributed by atoms with E-state index in [0.29, 0.717) is 32.3 Å². The van der Waals surface area contributed by atoms with Crippen LogP contribution < -0.4 is 15.2 Å². The second kappa shape index (κ2) is 8.55. The van der Waals surface area contributed by atoms with Crippen molar-refractivity contribution in [2.45, 2.75) is 47.3 Å². The summed E-state index contributed by atoms with van der Waals surface area (Å²) < 4.78 is 7.37. The van der Waals surface area contributed by atoms with Crippen LogP contribution in [0.5, 0.6) is 5.75 Å². The van der Waals surface area contributed by atoms with Crippen molar-refractivity contribution in [3.05, 3.63) is 80.8 Å². The Kier molecular flexibility index (Phi) is 5.83. The van der Waals surface area contributed by atoms with Crippen molar-refractivity contribution in [2.24, 2.45) is 0 Å². The van der Waals surface area contributed by atoms with Gasteiger partial charge in [0.15, 0.2) is 0 Å². The number of benzene rings is 2. The van der Waals surface area contributed by atoms with E-state index >= 15 is 0 Å². The largest absolute Gasteiger partial charge is 0.496 e. The summed E-state index contributed by atoms with van der Waals surface area (Å²) in [6, 6.07) is 14.3. The summed E-state index contributed by atoms with van der Waals surface area (Å²) in [5.74, 6) is 1.57. The molecule has 0 spiro atoms. The molecule has 0 amide bonds. The van der Waals surface area contributed by atoms with E-state index in [-0.39, 0.29) is 5.56 Å². The minimum Gasteiger partial charge on any atom is -0.496 e. The Labute approximate surface area is 183 Å². The lowest BCUT2D eigenvalue weighted by Crippen LogP contribution is -2.47. The molecular weight excluding hydrogens is 388 g/mol. The number of anilines is 2. The maximum absolute atomic E-state index is 13.4. The molecule has 162 valence electrons. The number of fused-ring (bicyclic) bond motifs is 1. The van der Waals surface area contributed by atoms with Crippen molar-refractivity contribution in [2.75, 3.05) is 18.7 Å². The van der Waals surface area contributed by atoms with Crippen molar-refractivity contribution >= 4 is 11.6 Å². The standard InChI is InChI=1S/C25H30N4O2/c1-6-21-19(4)26-25-28(22-12-9-10-17(2)18(22)3)15-27(16-29(25)24(21)30)14-20-11-7-8-13-23(20)31-5/h7-13H,6,14-16H2,1-5H3. The quantitative estimate of drug-likeness (QED) is 0.618. The Morgan fingerprint density at radius 3 is 2.55 bits per heavy atom. The number of ether oxygens (including phenoxy) is 1. The van der Waals surface area contributed by atoms with Gasteiger partial charge in [0.05, 0.1) is 20.4 Å². The van der Waals surface area contributed by atoms with E-state index < -0.39 is 0 Å². The summed E-state index contributed by atoms with van der Waals surface area (Å²) in [7, 11) is 1.69. The van der Waals surface area contributed by atoms with Crippen LogP contribution in [-0.4, -0.2) is 28.2 Å². The minimum atomic E-state index is 0.0463. The highest BCUT2D eigenvalue weighted by Gasteiger charge is 2.29. The molecule has 0 atom stereocenters. The first-order chi connectivity index (χ1) is 14.9. The number of aryl methyl sites for hydroxylation is 2. The van der Waals surface area contributed by atoms with E-state index in [2.05, 4.69) is 47.9 Å². The van der Waals surface area contributed by atoms with Crippen LogP contribution in [0.2, 0.25) is 0 Å². The first-order valence-electron chi connectivity index (χ1n) is 10.7. The van der Waals surface area contributed by atoms with E-state index in [1.54, 1.807) is 7.11 Å². The average molecular weight is 419 g/mol. The Balaban J connectivity index is 1.83. The molecule has 0 unspecified atom stereocenters. The first-order valence-corrected chi connectivity index (χ1v) is 10.7. The van der Waals surface area contributed by atoms with Crippen LogP contribution in [0.4, 0.5) is 11.6 Å². The maximum atomic E-state index is 13.4. The van der Waals surface area contributed by atoms with Gasteiger partial charge in [0, 0.05) is 29.1 Å². The number of nitrogens with zero attached hydrogens (tertiary/aromatic N) is 4. The Morgan fingerprint density at radius 2 is 1.81 bits per heavy atom. The van der Waals surface area contributed by atoms with Gasteiger partial charge in [0.25, 0.3) is 5.56 Å². The third kappa shape index (κ3) is 3.83. The van der Waals surface area contributed by atoms with Gasteiger partial charge in [-0.2, -0.15) is 0 Å². The van der Waals surface area contributed by atoms with Crippen molar-refractivity contribution in [1.82, 2.24) is 14.5 Å². The molecule has 3 aromatic rings. The summed E-state index contributed by atoms with van der Waals surface area (Å²) in [6.45, 7) is 9.99. The second-order valence-electron chi connectivity index (χ2n) is 8.13. The number of para-hydroxylation sites is 1. The first kappa shape index (κ1) is 21.1. The van der Waals surface area contributed by atoms with E-state index in [1.165, 1.54) is 11.1 Å². The van der Waals surface area contributed by atoms with Gasteiger partial charge in [0.1, 0.15) is 5.75 Å². The molecule has 0 N–H and O–H groups in total. The summed E-state index contributed by atoms with van der Waals surface area (Å²) in [4.78, 5) is 22.7. The maximum Gasteiger partial charge on any atom is 0.259 e. The summed E-state index contributed by atoms with van der Waals surface area (Å²) in [5, 5.41) is 0. The van der Waals surface area contributed by atoms with Gasteiger partial charge in [-0.1, -0.05) is 37.3 Å². The highest BCUT2D eigenvalue weighted by atomic mass is 16.5. The van der Waals surface area contributed by atoms with Crippen LogP contribution in [0.1, 0.15) is 34.9 Å². The van der Waals surface area contributed by atoms with Gasteiger partial charge in [0.2, 0.25) is 5.95 Å². The topological polar surface area (TPSA) is 50.6 Å². The molecule has 1 aliphatic heterocycles. The van der Waals surface area contributed by atoms with E-state index in [1.807, 2.05) is 36.6 Å². The lowest BCUT2D eigenvalue weighted by molar-refractivity contribution is 0.187. The number of aromatic nitrogens is 2. The third-order valence-corrected chi connectivity index (χ3v) is 6.18. The zero-order valence-corrected chi connectivity index (χ0v) is 19.0. The normalized spacial score (nSPS) is 13.9. The summed E-state index contributed by atoms with van der Waals surface area (Å²) in [6.07, 6.45) is 0.675. The smallest absolute Gasteiger partial charge is 0.259 e. The van der Waals surface area contributed by atoms with Gasteiger partial charge in [-0.25, -0.2) is 4.98 Å². The lowest BCUT2D eigenvalue weighted by atomic mass is 10.1. The highest BCUT2D eigenvalue weighted by Crippen LogP contribution is 2.32. The molecule has 4 rings (SSSR count). The molecule has 2 heterocycles. The number of rotatable bonds is 5. The lowest BCUT2D eigenvalue weighted by Gasteiger charge is -2.39. The summed E-state index contributed by atoms with van der Waals surface area (Å²) >= 11 is 0. The third-order valence-electron chi connectivity index (χ3n) is 6.18. The van der Waals surface area contributed by atoms with Crippen LogP contribution >= 0.6 is 0 Å². The van der Waals surface area contributed by atoms with Gasteiger partial charge in [-0.15, -0.1) is 0 Å². The molecular formula is C25H30N4O2. The second-order valence-corrected chi connectivity index (χ2v) is 8.13. The van der Waals surface area contributed by atoms with Gasteiger partial charge < -0.3 is 4.74 Å². The molecule has 0 saturated heterocycles. The highest BCUT2D eigenvalue weighted by molar-refractivity contribution is 5.64. The molecule has 6 nitrogen and oxygen atoms in total. The fraction of sp³-hybridized carbons (Fsp3) is 0.360. The molecule has 31 heavy (non-hydrogen) atoms. The minimum absolute atomic E-state index is 0.0463. The molecule has 0 fully saturated rings. The zero-order valence-electron chi connectivity index (χ0n) is 19.0. The number of methoxy groups -OCH3 is 1. The van der Waals surface area contributed by atoms with E-state index in [0.717, 1.165) is 28.3 Å². The molecule has 0 bridgehead atoms. The Bertz CT molecular complexity index is 1170. The Hall–Kier alpha value is -3.12. The molecule has 0 saturated carbocycles. The molecule has 0 aliphatic carbocycles. The molecule has 2 aromatic carbocycles.